The zero-order valence-corrected chi connectivity index (χ0v) is 18.3. The van der Waals surface area contributed by atoms with Crippen LogP contribution in [-0.2, 0) is 6.54 Å². The molecule has 2 heterocycles. The van der Waals surface area contributed by atoms with Gasteiger partial charge in [0.15, 0.2) is 10.8 Å². The topological polar surface area (TPSA) is 128 Å². The van der Waals surface area contributed by atoms with Crippen LogP contribution < -0.4 is 10.6 Å². The average Bonchev–Trinajstić information content (AvgIpc) is 3.19. The van der Waals surface area contributed by atoms with Gasteiger partial charge in [0.2, 0.25) is 0 Å². The van der Waals surface area contributed by atoms with E-state index in [4.69, 9.17) is 0 Å². The summed E-state index contributed by atoms with van der Waals surface area (Å²) in [5, 5.41) is 22.9. The van der Waals surface area contributed by atoms with E-state index in [1.165, 1.54) is 24.3 Å². The maximum absolute atomic E-state index is 12.3. The third kappa shape index (κ3) is 5.69. The fraction of sp³-hybridized carbons (Fsp3) is 0.400. The molecule has 0 spiro atoms. The van der Waals surface area contributed by atoms with Crippen molar-refractivity contribution in [3.8, 4) is 0 Å². The van der Waals surface area contributed by atoms with Gasteiger partial charge in [0.25, 0.3) is 11.6 Å². The van der Waals surface area contributed by atoms with Crippen molar-refractivity contribution in [3.63, 3.8) is 0 Å². The predicted molar refractivity (Wildman–Crippen MR) is 121 cm³/mol. The molecule has 1 amide bonds. The highest BCUT2D eigenvalue weighted by atomic mass is 32.2. The van der Waals surface area contributed by atoms with Crippen LogP contribution in [0.3, 0.4) is 0 Å². The van der Waals surface area contributed by atoms with Crippen molar-refractivity contribution in [2.45, 2.75) is 38.4 Å². The lowest BCUT2D eigenvalue weighted by Gasteiger charge is -2.09. The summed E-state index contributed by atoms with van der Waals surface area (Å²) in [6, 6.07) is 5.50. The highest BCUT2D eigenvalue weighted by Crippen LogP contribution is 2.24. The quantitative estimate of drug-likeness (QED) is 0.199. The van der Waals surface area contributed by atoms with E-state index in [0.29, 0.717) is 23.8 Å². The van der Waals surface area contributed by atoms with Crippen LogP contribution >= 0.6 is 11.8 Å². The smallest absolute Gasteiger partial charge is 0.269 e. The number of aromatic nitrogens is 4. The first-order chi connectivity index (χ1) is 15.0. The molecule has 0 saturated heterocycles. The first kappa shape index (κ1) is 22.5. The number of nitrogens with zero attached hydrogens (tertiary/aromatic N) is 5. The lowest BCUT2D eigenvalue weighted by Crippen LogP contribution is -2.27. The van der Waals surface area contributed by atoms with Gasteiger partial charge in [-0.25, -0.2) is 14.6 Å². The summed E-state index contributed by atoms with van der Waals surface area (Å²) < 4.78 is 1.75. The molecule has 0 aliphatic carbocycles. The molecular formula is C20H25N7O3S. The minimum atomic E-state index is -0.497. The Morgan fingerprint density at radius 3 is 2.61 bits per heavy atom. The van der Waals surface area contributed by atoms with Crippen LogP contribution in [-0.4, -0.2) is 49.4 Å². The first-order valence-corrected chi connectivity index (χ1v) is 11.1. The standard InChI is InChI=1S/C20H25N7O3S/c1-3-9-21-17-16-13-23-26(18(16)25-20(24-17)31-12-4-2)11-10-22-19(28)14-5-7-15(8-6-14)27(29)30/h5-8,13H,3-4,9-12H2,1-2H3,(H,22,28)(H,21,24,25). The molecule has 2 N–H and O–H groups in total. The summed E-state index contributed by atoms with van der Waals surface area (Å²) in [6.07, 6.45) is 3.74. The molecule has 1 aromatic carbocycles. The number of benzene rings is 1. The summed E-state index contributed by atoms with van der Waals surface area (Å²) in [5.41, 5.74) is 1.03. The molecule has 11 heteroatoms. The zero-order valence-electron chi connectivity index (χ0n) is 17.5. The molecule has 0 fully saturated rings. The number of nitrogens with one attached hydrogen (secondary N) is 2. The second-order valence-corrected chi connectivity index (χ2v) is 7.86. The number of nitro benzene ring substituents is 1. The Kier molecular flexibility index (Phi) is 7.76. The van der Waals surface area contributed by atoms with Crippen molar-refractivity contribution >= 4 is 40.2 Å². The van der Waals surface area contributed by atoms with Crippen LogP contribution in [0.2, 0.25) is 0 Å². The van der Waals surface area contributed by atoms with Crippen LogP contribution in [0.15, 0.2) is 35.6 Å². The van der Waals surface area contributed by atoms with Crippen molar-refractivity contribution in [1.82, 2.24) is 25.1 Å². The molecule has 0 aliphatic rings. The molecule has 0 saturated carbocycles. The van der Waals surface area contributed by atoms with Gasteiger partial charge in [0.05, 0.1) is 23.1 Å². The van der Waals surface area contributed by atoms with Crippen LogP contribution in [0.1, 0.15) is 37.0 Å². The number of carbonyl (C=O) groups is 1. The van der Waals surface area contributed by atoms with E-state index in [1.54, 1.807) is 22.6 Å². The number of hydrogen-bond acceptors (Lipinski definition) is 8. The van der Waals surface area contributed by atoms with E-state index in [1.807, 2.05) is 0 Å². The molecule has 10 nitrogen and oxygen atoms in total. The van der Waals surface area contributed by atoms with Crippen LogP contribution in [0.5, 0.6) is 0 Å². The van der Waals surface area contributed by atoms with E-state index < -0.39 is 4.92 Å². The minimum Gasteiger partial charge on any atom is -0.369 e. The van der Waals surface area contributed by atoms with Gasteiger partial charge in [0, 0.05) is 36.5 Å². The normalized spacial score (nSPS) is 10.9. The highest BCUT2D eigenvalue weighted by molar-refractivity contribution is 7.99. The van der Waals surface area contributed by atoms with Gasteiger partial charge in [-0.15, -0.1) is 0 Å². The molecule has 31 heavy (non-hydrogen) atoms. The number of fused-ring (bicyclic) bond motifs is 1. The summed E-state index contributed by atoms with van der Waals surface area (Å²) in [4.78, 5) is 31.8. The van der Waals surface area contributed by atoms with Gasteiger partial charge in [0.1, 0.15) is 5.82 Å². The lowest BCUT2D eigenvalue weighted by atomic mass is 10.2. The van der Waals surface area contributed by atoms with E-state index in [0.717, 1.165) is 42.0 Å². The van der Waals surface area contributed by atoms with Crippen LogP contribution in [0.4, 0.5) is 11.5 Å². The number of hydrogen-bond donors (Lipinski definition) is 2. The Morgan fingerprint density at radius 2 is 1.94 bits per heavy atom. The molecule has 3 aromatic rings. The van der Waals surface area contributed by atoms with Crippen LogP contribution in [0, 0.1) is 10.1 Å². The molecule has 3 rings (SSSR count). The number of amides is 1. The molecule has 0 unspecified atom stereocenters. The van der Waals surface area contributed by atoms with Crippen molar-refractivity contribution in [3.05, 3.63) is 46.1 Å². The van der Waals surface area contributed by atoms with E-state index >= 15 is 0 Å². The average molecular weight is 444 g/mol. The van der Waals surface area contributed by atoms with Gasteiger partial charge in [-0.2, -0.15) is 5.10 Å². The summed E-state index contributed by atoms with van der Waals surface area (Å²) in [7, 11) is 0. The Balaban J connectivity index is 1.70. The van der Waals surface area contributed by atoms with Gasteiger partial charge in [-0.1, -0.05) is 25.6 Å². The SMILES string of the molecule is CCCNc1nc(SCCC)nc2c1cnn2CCNC(=O)c1ccc([N+](=O)[O-])cc1. The van der Waals surface area contributed by atoms with Gasteiger partial charge in [-0.3, -0.25) is 14.9 Å². The fourth-order valence-electron chi connectivity index (χ4n) is 2.85. The maximum atomic E-state index is 12.3. The number of rotatable bonds is 11. The number of non-ortho nitro benzene ring substituents is 1. The summed E-state index contributed by atoms with van der Waals surface area (Å²) >= 11 is 1.60. The minimum absolute atomic E-state index is 0.0523. The Labute approximate surface area is 184 Å². The van der Waals surface area contributed by atoms with Gasteiger partial charge < -0.3 is 10.6 Å². The highest BCUT2D eigenvalue weighted by Gasteiger charge is 2.14. The summed E-state index contributed by atoms with van der Waals surface area (Å²) in [6.45, 7) is 5.78. The fourth-order valence-corrected chi connectivity index (χ4v) is 3.54. The number of nitro groups is 1. The molecule has 0 bridgehead atoms. The van der Waals surface area contributed by atoms with Gasteiger partial charge in [-0.05, 0) is 25.0 Å². The van der Waals surface area contributed by atoms with Crippen LogP contribution in [0.25, 0.3) is 11.0 Å². The van der Waals surface area contributed by atoms with E-state index in [-0.39, 0.29) is 11.6 Å². The number of thioether (sulfide) groups is 1. The second kappa shape index (κ2) is 10.7. The molecule has 0 radical (unpaired) electrons. The number of carbonyl (C=O) groups excluding carboxylic acids is 1. The maximum Gasteiger partial charge on any atom is 0.269 e. The first-order valence-electron chi connectivity index (χ1n) is 10.2. The van der Waals surface area contributed by atoms with E-state index in [2.05, 4.69) is 39.5 Å². The second-order valence-electron chi connectivity index (χ2n) is 6.79. The zero-order chi connectivity index (χ0) is 22.2. The summed E-state index contributed by atoms with van der Waals surface area (Å²) in [5.74, 6) is 1.40. The largest absolute Gasteiger partial charge is 0.369 e. The molecule has 2 aromatic heterocycles. The Hall–Kier alpha value is -3.21. The van der Waals surface area contributed by atoms with Crippen molar-refractivity contribution in [1.29, 1.82) is 0 Å². The van der Waals surface area contributed by atoms with Crippen molar-refractivity contribution < 1.29 is 9.72 Å². The third-order valence-corrected chi connectivity index (χ3v) is 5.46. The molecule has 0 atom stereocenters. The Bertz CT molecular complexity index is 1050. The third-order valence-electron chi connectivity index (χ3n) is 4.40. The van der Waals surface area contributed by atoms with Crippen molar-refractivity contribution in [2.24, 2.45) is 0 Å². The van der Waals surface area contributed by atoms with Gasteiger partial charge >= 0.3 is 0 Å². The number of anilines is 1. The van der Waals surface area contributed by atoms with E-state index in [9.17, 15) is 14.9 Å². The molecule has 0 aliphatic heterocycles. The molecular weight excluding hydrogens is 418 g/mol. The Morgan fingerprint density at radius 1 is 1.16 bits per heavy atom. The van der Waals surface area contributed by atoms with Crippen molar-refractivity contribution in [2.75, 3.05) is 24.2 Å². The predicted octanol–water partition coefficient (Wildman–Crippen LogP) is 3.49. The monoisotopic (exact) mass is 443 g/mol. The molecule has 164 valence electrons. The lowest BCUT2D eigenvalue weighted by molar-refractivity contribution is -0.384.